The number of ether oxygens (including phenoxy) is 1. The van der Waals surface area contributed by atoms with Crippen LogP contribution in [0, 0.1) is 13.8 Å². The van der Waals surface area contributed by atoms with Crippen LogP contribution in [0.5, 0.6) is 0 Å². The summed E-state index contributed by atoms with van der Waals surface area (Å²) in [5.41, 5.74) is 0.931. The third kappa shape index (κ3) is 4.60. The van der Waals surface area contributed by atoms with Gasteiger partial charge >= 0.3 is 0 Å². The van der Waals surface area contributed by atoms with Crippen molar-refractivity contribution in [1.82, 2.24) is 25.1 Å². The summed E-state index contributed by atoms with van der Waals surface area (Å²) >= 11 is 1.56. The molecule has 0 aliphatic rings. The van der Waals surface area contributed by atoms with Crippen LogP contribution in [0.1, 0.15) is 27.8 Å². The molecule has 0 spiro atoms. The van der Waals surface area contributed by atoms with Crippen molar-refractivity contribution in [2.75, 3.05) is 13.7 Å². The average molecular weight is 323 g/mol. The Balaban J connectivity index is 1.83. The molecule has 0 aliphatic carbocycles. The number of hydrogen-bond donors (Lipinski definition) is 1. The summed E-state index contributed by atoms with van der Waals surface area (Å²) < 4.78 is 6.96. The zero-order valence-corrected chi connectivity index (χ0v) is 13.9. The molecule has 2 heterocycles. The molecule has 7 nitrogen and oxygen atoms in total. The molecule has 1 amide bonds. The third-order valence-corrected chi connectivity index (χ3v) is 4.28. The number of aryl methyl sites for hydroxylation is 3. The van der Waals surface area contributed by atoms with Crippen LogP contribution in [-0.4, -0.2) is 39.4 Å². The molecule has 120 valence electrons. The van der Waals surface area contributed by atoms with E-state index >= 15 is 0 Å². The molecule has 1 N–H and O–H groups in total. The van der Waals surface area contributed by atoms with Gasteiger partial charge in [-0.15, -0.1) is 21.5 Å². The van der Waals surface area contributed by atoms with E-state index in [-0.39, 0.29) is 5.91 Å². The van der Waals surface area contributed by atoms with E-state index < -0.39 is 0 Å². The van der Waals surface area contributed by atoms with Crippen molar-refractivity contribution in [2.24, 2.45) is 0 Å². The Morgan fingerprint density at radius 2 is 2.27 bits per heavy atom. The second-order valence-electron chi connectivity index (χ2n) is 4.98. The standard InChI is InChI=1S/C14H21N5O2S/c1-10-12(22-11(2)17-10)7-14(20)15-8-13-18-16-9-19(13)5-4-6-21-3/h9H,4-8H2,1-3H3,(H,15,20). The fraction of sp³-hybridized carbons (Fsp3) is 0.571. The van der Waals surface area contributed by atoms with Crippen LogP contribution in [0.2, 0.25) is 0 Å². The number of amides is 1. The lowest BCUT2D eigenvalue weighted by atomic mass is 10.3. The number of hydrogen-bond acceptors (Lipinski definition) is 6. The quantitative estimate of drug-likeness (QED) is 0.739. The number of aromatic nitrogens is 4. The number of carbonyl (C=O) groups excluding carboxylic acids is 1. The maximum atomic E-state index is 12.0. The molecule has 0 atom stereocenters. The molecule has 0 saturated carbocycles. The van der Waals surface area contributed by atoms with Gasteiger partial charge in [0.15, 0.2) is 5.82 Å². The second-order valence-corrected chi connectivity index (χ2v) is 6.27. The number of nitrogens with one attached hydrogen (secondary N) is 1. The van der Waals surface area contributed by atoms with Crippen LogP contribution in [0.3, 0.4) is 0 Å². The van der Waals surface area contributed by atoms with E-state index in [4.69, 9.17) is 4.74 Å². The minimum absolute atomic E-state index is 0.0295. The summed E-state index contributed by atoms with van der Waals surface area (Å²) in [6, 6.07) is 0. The summed E-state index contributed by atoms with van der Waals surface area (Å²) in [4.78, 5) is 17.4. The zero-order valence-electron chi connectivity index (χ0n) is 13.1. The fourth-order valence-electron chi connectivity index (χ4n) is 2.11. The maximum Gasteiger partial charge on any atom is 0.225 e. The molecule has 0 saturated heterocycles. The van der Waals surface area contributed by atoms with Gasteiger partial charge in [-0.2, -0.15) is 0 Å². The molecule has 22 heavy (non-hydrogen) atoms. The van der Waals surface area contributed by atoms with Gasteiger partial charge in [0.2, 0.25) is 5.91 Å². The highest BCUT2D eigenvalue weighted by Crippen LogP contribution is 2.17. The first kappa shape index (κ1) is 16.6. The molecular formula is C14H21N5O2S. The number of thiazole rings is 1. The molecule has 0 bridgehead atoms. The predicted molar refractivity (Wildman–Crippen MR) is 83.7 cm³/mol. The van der Waals surface area contributed by atoms with Crippen LogP contribution in [0.15, 0.2) is 6.33 Å². The van der Waals surface area contributed by atoms with Gasteiger partial charge in [0.1, 0.15) is 6.33 Å². The van der Waals surface area contributed by atoms with E-state index in [1.54, 1.807) is 24.8 Å². The lowest BCUT2D eigenvalue weighted by Crippen LogP contribution is -2.26. The van der Waals surface area contributed by atoms with Gasteiger partial charge in [-0.1, -0.05) is 0 Å². The van der Waals surface area contributed by atoms with Crippen LogP contribution in [0.25, 0.3) is 0 Å². The van der Waals surface area contributed by atoms with E-state index in [0.29, 0.717) is 19.6 Å². The molecule has 2 aromatic rings. The molecule has 0 unspecified atom stereocenters. The lowest BCUT2D eigenvalue weighted by Gasteiger charge is -2.07. The molecule has 0 radical (unpaired) electrons. The number of carbonyl (C=O) groups is 1. The Labute approximate surface area is 133 Å². The first-order valence-electron chi connectivity index (χ1n) is 7.15. The van der Waals surface area contributed by atoms with Crippen LogP contribution >= 0.6 is 11.3 Å². The first-order valence-corrected chi connectivity index (χ1v) is 7.97. The highest BCUT2D eigenvalue weighted by Gasteiger charge is 2.11. The summed E-state index contributed by atoms with van der Waals surface area (Å²) in [7, 11) is 1.68. The number of nitrogens with zero attached hydrogens (tertiary/aromatic N) is 4. The Kier molecular flexibility index (Phi) is 6.02. The third-order valence-electron chi connectivity index (χ3n) is 3.21. The van der Waals surface area contributed by atoms with Gasteiger partial charge in [-0.3, -0.25) is 4.79 Å². The van der Waals surface area contributed by atoms with E-state index in [1.807, 2.05) is 18.4 Å². The minimum atomic E-state index is -0.0295. The highest BCUT2D eigenvalue weighted by atomic mass is 32.1. The Morgan fingerprint density at radius 1 is 1.45 bits per heavy atom. The first-order chi connectivity index (χ1) is 10.6. The van der Waals surface area contributed by atoms with Crippen molar-refractivity contribution < 1.29 is 9.53 Å². The molecule has 2 rings (SSSR count). The Morgan fingerprint density at radius 3 is 2.95 bits per heavy atom. The van der Waals surface area contributed by atoms with Crippen molar-refractivity contribution in [3.63, 3.8) is 0 Å². The van der Waals surface area contributed by atoms with Crippen molar-refractivity contribution >= 4 is 17.2 Å². The largest absolute Gasteiger partial charge is 0.385 e. The summed E-state index contributed by atoms with van der Waals surface area (Å²) in [5.74, 6) is 0.722. The van der Waals surface area contributed by atoms with E-state index in [0.717, 1.165) is 34.4 Å². The molecule has 2 aromatic heterocycles. The molecular weight excluding hydrogens is 302 g/mol. The number of methoxy groups -OCH3 is 1. The van der Waals surface area contributed by atoms with Gasteiger partial charge in [-0.25, -0.2) is 4.98 Å². The predicted octanol–water partition coefficient (Wildman–Crippen LogP) is 1.25. The van der Waals surface area contributed by atoms with Crippen molar-refractivity contribution in [3.8, 4) is 0 Å². The summed E-state index contributed by atoms with van der Waals surface area (Å²) in [5, 5.41) is 11.8. The molecule has 0 fully saturated rings. The van der Waals surface area contributed by atoms with Crippen LogP contribution in [-0.2, 0) is 29.0 Å². The molecule has 0 aromatic carbocycles. The minimum Gasteiger partial charge on any atom is -0.385 e. The summed E-state index contributed by atoms with van der Waals surface area (Å²) in [6.07, 6.45) is 2.91. The van der Waals surface area contributed by atoms with Crippen molar-refractivity contribution in [2.45, 2.75) is 39.8 Å². The Bertz CT molecular complexity index is 623. The average Bonchev–Trinajstić information content (AvgIpc) is 3.04. The topological polar surface area (TPSA) is 81.9 Å². The molecule has 8 heteroatoms. The normalized spacial score (nSPS) is 10.9. The Hall–Kier alpha value is -1.80. The highest BCUT2D eigenvalue weighted by molar-refractivity contribution is 7.11. The van der Waals surface area contributed by atoms with E-state index in [2.05, 4.69) is 20.5 Å². The van der Waals surface area contributed by atoms with Crippen LogP contribution in [0.4, 0.5) is 0 Å². The molecule has 0 aliphatic heterocycles. The van der Waals surface area contributed by atoms with Crippen molar-refractivity contribution in [1.29, 1.82) is 0 Å². The van der Waals surface area contributed by atoms with Gasteiger partial charge in [0.25, 0.3) is 0 Å². The maximum absolute atomic E-state index is 12.0. The van der Waals surface area contributed by atoms with Gasteiger partial charge in [0, 0.05) is 25.1 Å². The zero-order chi connectivity index (χ0) is 15.9. The van der Waals surface area contributed by atoms with E-state index in [9.17, 15) is 4.79 Å². The smallest absolute Gasteiger partial charge is 0.225 e. The van der Waals surface area contributed by atoms with Crippen molar-refractivity contribution in [3.05, 3.63) is 27.7 Å². The second kappa shape index (κ2) is 8.00. The number of rotatable bonds is 8. The fourth-order valence-corrected chi connectivity index (χ4v) is 3.04. The van der Waals surface area contributed by atoms with Crippen LogP contribution < -0.4 is 5.32 Å². The van der Waals surface area contributed by atoms with Gasteiger partial charge < -0.3 is 14.6 Å². The monoisotopic (exact) mass is 323 g/mol. The summed E-state index contributed by atoms with van der Waals surface area (Å²) in [6.45, 7) is 5.72. The van der Waals surface area contributed by atoms with Gasteiger partial charge in [-0.05, 0) is 20.3 Å². The van der Waals surface area contributed by atoms with Gasteiger partial charge in [0.05, 0.1) is 23.7 Å². The van der Waals surface area contributed by atoms with E-state index in [1.165, 1.54) is 0 Å². The lowest BCUT2D eigenvalue weighted by molar-refractivity contribution is -0.120. The SMILES string of the molecule is COCCCn1cnnc1CNC(=O)Cc1sc(C)nc1C.